The van der Waals surface area contributed by atoms with Gasteiger partial charge in [0, 0.05) is 34.6 Å². The molecule has 20 heavy (non-hydrogen) atoms. The second-order valence-corrected chi connectivity index (χ2v) is 5.28. The van der Waals surface area contributed by atoms with Crippen LogP contribution in [0.2, 0.25) is 5.02 Å². The van der Waals surface area contributed by atoms with Crippen molar-refractivity contribution in [1.29, 1.82) is 5.26 Å². The highest BCUT2D eigenvalue weighted by atomic mass is 79.9. The van der Waals surface area contributed by atoms with Gasteiger partial charge in [-0.2, -0.15) is 5.26 Å². The van der Waals surface area contributed by atoms with Crippen molar-refractivity contribution in [3.63, 3.8) is 0 Å². The van der Waals surface area contributed by atoms with E-state index >= 15 is 0 Å². The zero-order chi connectivity index (χ0) is 14.7. The minimum atomic E-state index is 0.532. The van der Waals surface area contributed by atoms with Crippen molar-refractivity contribution in [2.75, 3.05) is 7.05 Å². The Kier molecular flexibility index (Phi) is 4.43. The lowest BCUT2D eigenvalue weighted by atomic mass is 9.96. The third kappa shape index (κ3) is 2.43. The highest BCUT2D eigenvalue weighted by molar-refractivity contribution is 9.12. The van der Waals surface area contributed by atoms with Gasteiger partial charge in [-0.15, -0.1) is 0 Å². The Morgan fingerprint density at radius 3 is 2.70 bits per heavy atom. The van der Waals surface area contributed by atoms with E-state index in [-0.39, 0.29) is 0 Å². The van der Waals surface area contributed by atoms with Crippen LogP contribution >= 0.6 is 27.5 Å². The van der Waals surface area contributed by atoms with Crippen molar-refractivity contribution in [2.45, 2.75) is 0 Å². The van der Waals surface area contributed by atoms with Crippen LogP contribution in [0.1, 0.15) is 11.1 Å². The molecule has 0 bridgehead atoms. The van der Waals surface area contributed by atoms with Crippen LogP contribution in [0, 0.1) is 11.3 Å². The predicted octanol–water partition coefficient (Wildman–Crippen LogP) is 3.98. The highest BCUT2D eigenvalue weighted by Crippen LogP contribution is 2.29. The fraction of sp³-hybridized carbons (Fsp3) is 0.0667. The van der Waals surface area contributed by atoms with Gasteiger partial charge in [-0.3, -0.25) is 4.99 Å². The maximum absolute atomic E-state index is 9.49. The molecule has 2 rings (SSSR count). The van der Waals surface area contributed by atoms with Crippen LogP contribution in [0.5, 0.6) is 0 Å². The Balaban J connectivity index is 2.84. The molecule has 0 aliphatic heterocycles. The maximum atomic E-state index is 9.49. The minimum absolute atomic E-state index is 0.532. The summed E-state index contributed by atoms with van der Waals surface area (Å²) in [5.41, 5.74) is 7.40. The Morgan fingerprint density at radius 1 is 1.35 bits per heavy atom. The number of nitrogens with two attached hydrogens (primary N) is 1. The lowest BCUT2D eigenvalue weighted by molar-refractivity contribution is 1.42. The summed E-state index contributed by atoms with van der Waals surface area (Å²) in [4.78, 5) is 4.20. The number of benzene rings is 2. The second kappa shape index (κ2) is 6.08. The predicted molar refractivity (Wildman–Crippen MR) is 87.3 cm³/mol. The Labute approximate surface area is 130 Å². The van der Waals surface area contributed by atoms with Gasteiger partial charge in [0.1, 0.15) is 6.07 Å². The summed E-state index contributed by atoms with van der Waals surface area (Å²) in [6.45, 7) is 0. The molecule has 2 N–H and O–H groups in total. The molecular weight excluding hydrogens is 338 g/mol. The molecule has 0 heterocycles. The second-order valence-electron chi connectivity index (χ2n) is 4.02. The Morgan fingerprint density at radius 2 is 2.10 bits per heavy atom. The fourth-order valence-electron chi connectivity index (χ4n) is 2.07. The van der Waals surface area contributed by atoms with Crippen molar-refractivity contribution < 1.29 is 0 Å². The molecule has 3 nitrogen and oxygen atoms in total. The van der Waals surface area contributed by atoms with Crippen LogP contribution in [0.25, 0.3) is 10.8 Å². The number of halogens is 2. The summed E-state index contributed by atoms with van der Waals surface area (Å²) in [6, 6.07) is 11.4. The summed E-state index contributed by atoms with van der Waals surface area (Å²) in [6.07, 6.45) is 1.41. The van der Waals surface area contributed by atoms with E-state index in [1.165, 1.54) is 6.20 Å². The quantitative estimate of drug-likeness (QED) is 0.834. The minimum Gasteiger partial charge on any atom is -0.404 e. The molecule has 0 saturated carbocycles. The number of allylic oxidation sites excluding steroid dienone is 1. The summed E-state index contributed by atoms with van der Waals surface area (Å²) < 4.78 is 0.637. The summed E-state index contributed by atoms with van der Waals surface area (Å²) in [7, 11) is 1.66. The third-order valence-corrected chi connectivity index (χ3v) is 3.94. The number of hydrogen-bond acceptors (Lipinski definition) is 3. The summed E-state index contributed by atoms with van der Waals surface area (Å²) in [5, 5.41) is 11.8. The van der Waals surface area contributed by atoms with Gasteiger partial charge in [0.25, 0.3) is 0 Å². The largest absolute Gasteiger partial charge is 0.404 e. The van der Waals surface area contributed by atoms with Crippen LogP contribution in [0.15, 0.2) is 46.0 Å². The molecule has 0 radical (unpaired) electrons. The van der Waals surface area contributed by atoms with E-state index in [0.717, 1.165) is 16.3 Å². The lowest BCUT2D eigenvalue weighted by Crippen LogP contribution is -2.06. The zero-order valence-corrected chi connectivity index (χ0v) is 13.0. The van der Waals surface area contributed by atoms with Crippen molar-refractivity contribution in [3.8, 4) is 6.07 Å². The average Bonchev–Trinajstić information content (AvgIpc) is 2.47. The molecule has 100 valence electrons. The molecule has 0 aliphatic carbocycles. The van der Waals surface area contributed by atoms with Gasteiger partial charge in [-0.25, -0.2) is 0 Å². The highest BCUT2D eigenvalue weighted by Gasteiger charge is 2.15. The van der Waals surface area contributed by atoms with E-state index in [9.17, 15) is 5.26 Å². The van der Waals surface area contributed by atoms with Crippen molar-refractivity contribution in [1.82, 2.24) is 0 Å². The van der Waals surface area contributed by atoms with Gasteiger partial charge in [0.2, 0.25) is 0 Å². The third-order valence-electron chi connectivity index (χ3n) is 2.97. The van der Waals surface area contributed by atoms with E-state index in [0.29, 0.717) is 20.8 Å². The summed E-state index contributed by atoms with van der Waals surface area (Å²) >= 11 is 9.51. The normalized spacial score (nSPS) is 12.5. The van der Waals surface area contributed by atoms with Gasteiger partial charge in [-0.1, -0.05) is 35.9 Å². The maximum Gasteiger partial charge on any atom is 0.100 e. The SMILES string of the molecule is CN=C(C(Br)=CN)c1ccc2c(Cl)cccc2c1C#N. The van der Waals surface area contributed by atoms with Gasteiger partial charge in [-0.05, 0) is 22.0 Å². The topological polar surface area (TPSA) is 62.2 Å². The molecule has 5 heteroatoms. The molecule has 0 atom stereocenters. The first-order valence-corrected chi connectivity index (χ1v) is 6.97. The summed E-state index contributed by atoms with van der Waals surface area (Å²) in [5.74, 6) is 0. The number of fused-ring (bicyclic) bond motifs is 1. The molecule has 0 fully saturated rings. The van der Waals surface area contributed by atoms with Crippen molar-refractivity contribution >= 4 is 44.0 Å². The standard InChI is InChI=1S/C15H11BrClN3/c1-20-15(13(16)8-19)11-6-5-10-9(12(11)7-18)3-2-4-14(10)17/h2-6,8H,19H2,1H3. The number of rotatable bonds is 2. The Bertz CT molecular complexity index is 773. The molecule has 0 aromatic heterocycles. The molecule has 2 aromatic carbocycles. The van der Waals surface area contributed by atoms with Crippen LogP contribution < -0.4 is 5.73 Å². The molecule has 0 aliphatic rings. The van der Waals surface area contributed by atoms with Crippen LogP contribution in [0.4, 0.5) is 0 Å². The lowest BCUT2D eigenvalue weighted by Gasteiger charge is -2.10. The first-order chi connectivity index (χ1) is 9.63. The first kappa shape index (κ1) is 14.6. The number of aliphatic imine (C=N–C) groups is 1. The van der Waals surface area contributed by atoms with Crippen molar-refractivity contribution in [3.05, 3.63) is 57.2 Å². The van der Waals surface area contributed by atoms with Gasteiger partial charge >= 0.3 is 0 Å². The van der Waals surface area contributed by atoms with Crippen LogP contribution in [-0.4, -0.2) is 12.8 Å². The smallest absolute Gasteiger partial charge is 0.100 e. The average molecular weight is 349 g/mol. The van der Waals surface area contributed by atoms with E-state index in [1.807, 2.05) is 24.3 Å². The number of nitriles is 1. The number of hydrogen-bond donors (Lipinski definition) is 1. The molecule has 0 spiro atoms. The van der Waals surface area contributed by atoms with E-state index in [1.54, 1.807) is 13.1 Å². The molecule has 0 unspecified atom stereocenters. The van der Waals surface area contributed by atoms with Gasteiger partial charge in [0.05, 0.1) is 15.8 Å². The Hall–Kier alpha value is -1.83. The van der Waals surface area contributed by atoms with Crippen LogP contribution in [-0.2, 0) is 0 Å². The molecule has 0 saturated heterocycles. The van der Waals surface area contributed by atoms with E-state index in [2.05, 4.69) is 27.0 Å². The molecule has 2 aromatic rings. The number of nitrogens with zero attached hydrogens (tertiary/aromatic N) is 2. The van der Waals surface area contributed by atoms with Crippen molar-refractivity contribution in [2.24, 2.45) is 10.7 Å². The van der Waals surface area contributed by atoms with Crippen LogP contribution in [0.3, 0.4) is 0 Å². The monoisotopic (exact) mass is 347 g/mol. The van der Waals surface area contributed by atoms with E-state index < -0.39 is 0 Å². The zero-order valence-electron chi connectivity index (χ0n) is 10.7. The fourth-order valence-corrected chi connectivity index (χ4v) is 2.70. The van der Waals surface area contributed by atoms with Gasteiger partial charge in [0.15, 0.2) is 0 Å². The molecular formula is C15H11BrClN3. The molecule has 0 amide bonds. The van der Waals surface area contributed by atoms with Gasteiger partial charge < -0.3 is 5.73 Å². The van der Waals surface area contributed by atoms with E-state index in [4.69, 9.17) is 17.3 Å². The first-order valence-electron chi connectivity index (χ1n) is 5.80.